The summed E-state index contributed by atoms with van der Waals surface area (Å²) in [6, 6.07) is 1.26. The van der Waals surface area contributed by atoms with Crippen molar-refractivity contribution >= 4 is 27.7 Å². The maximum Gasteiger partial charge on any atom is 0.281 e. The van der Waals surface area contributed by atoms with E-state index >= 15 is 4.39 Å². The van der Waals surface area contributed by atoms with E-state index in [-0.39, 0.29) is 22.9 Å². The largest absolute Gasteiger partial charge is 0.487 e. The molecule has 8 heteroatoms. The molecule has 2 aromatic heterocycles. The zero-order valence-electron chi connectivity index (χ0n) is 15.3. The summed E-state index contributed by atoms with van der Waals surface area (Å²) >= 11 is 0. The number of benzene rings is 1. The first kappa shape index (κ1) is 16.6. The monoisotopic (exact) mass is 372 g/mol. The maximum atomic E-state index is 15.2. The zero-order valence-corrected chi connectivity index (χ0v) is 15.3. The molecule has 27 heavy (non-hydrogen) atoms. The van der Waals surface area contributed by atoms with Crippen LogP contribution in [0.15, 0.2) is 15.3 Å². The van der Waals surface area contributed by atoms with Crippen LogP contribution in [0.4, 0.5) is 10.1 Å². The van der Waals surface area contributed by atoms with Gasteiger partial charge in [-0.1, -0.05) is 0 Å². The van der Waals surface area contributed by atoms with Gasteiger partial charge in [0.1, 0.15) is 17.8 Å². The number of fused-ring (bicyclic) bond motifs is 2. The van der Waals surface area contributed by atoms with Gasteiger partial charge in [-0.25, -0.2) is 9.37 Å². The number of oxazole rings is 1. The molecule has 2 atom stereocenters. The average molecular weight is 372 g/mol. The topological polar surface area (TPSA) is 86.5 Å². The molecule has 1 aromatic carbocycles. The van der Waals surface area contributed by atoms with E-state index in [0.717, 1.165) is 6.42 Å². The number of halogens is 1. The summed E-state index contributed by atoms with van der Waals surface area (Å²) in [5.41, 5.74) is 7.10. The van der Waals surface area contributed by atoms with Gasteiger partial charge in [0.2, 0.25) is 0 Å². The van der Waals surface area contributed by atoms with Crippen molar-refractivity contribution in [1.82, 2.24) is 9.55 Å². The van der Waals surface area contributed by atoms with Crippen molar-refractivity contribution < 1.29 is 13.5 Å². The fraction of sp³-hybridized carbons (Fsp3) is 0.474. The molecule has 0 bridgehead atoms. The number of ether oxygens (including phenoxy) is 1. The molecule has 2 aliphatic heterocycles. The van der Waals surface area contributed by atoms with E-state index in [9.17, 15) is 4.79 Å². The molecule has 0 radical (unpaired) electrons. The molecule has 0 aliphatic carbocycles. The fourth-order valence-corrected chi connectivity index (χ4v) is 4.35. The highest BCUT2D eigenvalue weighted by molar-refractivity contribution is 6.05. The Balaban J connectivity index is 1.87. The number of pyridine rings is 1. The van der Waals surface area contributed by atoms with Crippen LogP contribution in [-0.4, -0.2) is 35.8 Å². The number of anilines is 1. The molecule has 0 amide bonds. The highest BCUT2D eigenvalue weighted by Crippen LogP contribution is 2.44. The van der Waals surface area contributed by atoms with Gasteiger partial charge in [-0.05, 0) is 31.9 Å². The van der Waals surface area contributed by atoms with Gasteiger partial charge in [0.05, 0.1) is 11.4 Å². The van der Waals surface area contributed by atoms with Crippen molar-refractivity contribution in [3.05, 3.63) is 28.1 Å². The van der Waals surface area contributed by atoms with Crippen molar-refractivity contribution in [3.63, 3.8) is 0 Å². The predicted octanol–water partition coefficient (Wildman–Crippen LogP) is 2.33. The minimum Gasteiger partial charge on any atom is -0.487 e. The quantitative estimate of drug-likeness (QED) is 0.743. The summed E-state index contributed by atoms with van der Waals surface area (Å²) < 4.78 is 28.5. The molecule has 2 N–H and O–H groups in total. The number of hydrogen-bond acceptors (Lipinski definition) is 6. The first-order valence-corrected chi connectivity index (χ1v) is 9.25. The first-order valence-electron chi connectivity index (χ1n) is 9.25. The van der Waals surface area contributed by atoms with E-state index in [1.807, 2.05) is 11.8 Å². The SMILES string of the molecule is Cc1nc2c(=O)n3c4c(c(N5CCC(CN)C5)c(F)cc4c2o1)OC[C@H]3C. The summed E-state index contributed by atoms with van der Waals surface area (Å²) in [6.07, 6.45) is 0.914. The van der Waals surface area contributed by atoms with Gasteiger partial charge in [0.15, 0.2) is 28.6 Å². The molecular weight excluding hydrogens is 351 g/mol. The molecule has 142 valence electrons. The lowest BCUT2D eigenvalue weighted by atomic mass is 10.1. The van der Waals surface area contributed by atoms with Gasteiger partial charge in [-0.3, -0.25) is 9.36 Å². The fourth-order valence-electron chi connectivity index (χ4n) is 4.35. The Labute approximate surface area is 154 Å². The van der Waals surface area contributed by atoms with E-state index in [1.54, 1.807) is 11.5 Å². The third-order valence-corrected chi connectivity index (χ3v) is 5.67. The Morgan fingerprint density at radius 1 is 1.44 bits per heavy atom. The van der Waals surface area contributed by atoms with E-state index in [4.69, 9.17) is 14.9 Å². The molecule has 4 heterocycles. The number of aryl methyl sites for hydroxylation is 1. The average Bonchev–Trinajstić information content (AvgIpc) is 3.26. The van der Waals surface area contributed by atoms with Crippen molar-refractivity contribution in [3.8, 4) is 5.75 Å². The van der Waals surface area contributed by atoms with Crippen LogP contribution in [0.25, 0.3) is 22.0 Å². The number of nitrogens with two attached hydrogens (primary N) is 1. The van der Waals surface area contributed by atoms with Crippen LogP contribution in [0, 0.1) is 18.7 Å². The number of nitrogens with zero attached hydrogens (tertiary/aromatic N) is 3. The number of hydrogen-bond donors (Lipinski definition) is 1. The lowest BCUT2D eigenvalue weighted by Gasteiger charge is -2.30. The van der Waals surface area contributed by atoms with Gasteiger partial charge in [-0.2, -0.15) is 0 Å². The number of rotatable bonds is 2. The van der Waals surface area contributed by atoms with E-state index in [0.29, 0.717) is 66.0 Å². The molecule has 0 spiro atoms. The Morgan fingerprint density at radius 2 is 2.26 bits per heavy atom. The van der Waals surface area contributed by atoms with Crippen LogP contribution in [0.5, 0.6) is 5.75 Å². The third-order valence-electron chi connectivity index (χ3n) is 5.67. The van der Waals surface area contributed by atoms with Crippen molar-refractivity contribution in [2.45, 2.75) is 26.3 Å². The molecule has 2 aliphatic rings. The summed E-state index contributed by atoms with van der Waals surface area (Å²) in [4.78, 5) is 19.3. The summed E-state index contributed by atoms with van der Waals surface area (Å²) in [6.45, 7) is 5.85. The zero-order chi connectivity index (χ0) is 18.9. The molecule has 7 nitrogen and oxygen atoms in total. The maximum absolute atomic E-state index is 15.2. The lowest BCUT2D eigenvalue weighted by Crippen LogP contribution is -2.32. The Bertz CT molecular complexity index is 1140. The van der Waals surface area contributed by atoms with Crippen LogP contribution in [0.1, 0.15) is 25.3 Å². The molecule has 1 unspecified atom stereocenters. The van der Waals surface area contributed by atoms with Crippen molar-refractivity contribution in [1.29, 1.82) is 0 Å². The molecule has 0 saturated carbocycles. The molecule has 1 saturated heterocycles. The van der Waals surface area contributed by atoms with Gasteiger partial charge in [-0.15, -0.1) is 0 Å². The van der Waals surface area contributed by atoms with Crippen LogP contribution in [0.2, 0.25) is 0 Å². The van der Waals surface area contributed by atoms with Crippen LogP contribution in [-0.2, 0) is 0 Å². The minimum absolute atomic E-state index is 0.178. The normalized spacial score (nSPS) is 22.0. The highest BCUT2D eigenvalue weighted by Gasteiger charge is 2.33. The van der Waals surface area contributed by atoms with E-state index in [2.05, 4.69) is 4.98 Å². The van der Waals surface area contributed by atoms with Gasteiger partial charge >= 0.3 is 0 Å². The van der Waals surface area contributed by atoms with Crippen molar-refractivity contribution in [2.75, 3.05) is 31.1 Å². The Hall–Kier alpha value is -2.61. The lowest BCUT2D eigenvalue weighted by molar-refractivity contribution is 0.245. The van der Waals surface area contributed by atoms with Crippen LogP contribution in [0.3, 0.4) is 0 Å². The number of aromatic nitrogens is 2. The summed E-state index contributed by atoms with van der Waals surface area (Å²) in [5, 5.41) is 0.516. The second-order valence-corrected chi connectivity index (χ2v) is 7.51. The smallest absolute Gasteiger partial charge is 0.281 e. The van der Waals surface area contributed by atoms with E-state index < -0.39 is 0 Å². The van der Waals surface area contributed by atoms with Gasteiger partial charge < -0.3 is 19.8 Å². The predicted molar refractivity (Wildman–Crippen MR) is 100 cm³/mol. The molecule has 1 fully saturated rings. The molecular formula is C19H21FN4O3. The van der Waals surface area contributed by atoms with Gasteiger partial charge in [0, 0.05) is 20.0 Å². The standard InChI is InChI=1S/C19H21FN4O3/c1-9-8-26-18-15-12(17-14(19(25)24(9)15)22-10(2)27-17)5-13(20)16(18)23-4-3-11(6-21)7-23/h5,9,11H,3-4,6-8,21H2,1-2H3/t9-,11?/m1/s1. The molecule has 3 aromatic rings. The summed E-state index contributed by atoms with van der Waals surface area (Å²) in [7, 11) is 0. The second kappa shape index (κ2) is 5.69. The second-order valence-electron chi connectivity index (χ2n) is 7.51. The van der Waals surface area contributed by atoms with Crippen LogP contribution >= 0.6 is 0 Å². The van der Waals surface area contributed by atoms with Gasteiger partial charge in [0.25, 0.3) is 5.56 Å². The van der Waals surface area contributed by atoms with Crippen molar-refractivity contribution in [2.24, 2.45) is 11.7 Å². The van der Waals surface area contributed by atoms with Crippen LogP contribution < -0.4 is 20.9 Å². The third kappa shape index (κ3) is 2.22. The highest BCUT2D eigenvalue weighted by atomic mass is 19.1. The van der Waals surface area contributed by atoms with E-state index in [1.165, 1.54) is 6.07 Å². The Kier molecular flexibility index (Phi) is 3.49. The first-order chi connectivity index (χ1) is 13.0. The molecule has 5 rings (SSSR count). The Morgan fingerprint density at radius 3 is 3.00 bits per heavy atom. The summed E-state index contributed by atoms with van der Waals surface area (Å²) in [5.74, 6) is 0.737. The minimum atomic E-state index is -0.384.